The molecular weight excluding hydrogens is 467 g/mol. The topological polar surface area (TPSA) is 73.4 Å². The van der Waals surface area contributed by atoms with E-state index in [9.17, 15) is 4.79 Å². The van der Waals surface area contributed by atoms with E-state index in [1.165, 1.54) is 11.8 Å². The van der Waals surface area contributed by atoms with Gasteiger partial charge in [0.2, 0.25) is 11.9 Å². The van der Waals surface area contributed by atoms with Crippen LogP contribution in [0.15, 0.2) is 79.5 Å². The smallest absolute Gasteiger partial charge is 0.247 e. The molecule has 1 amide bonds. The van der Waals surface area contributed by atoms with Crippen LogP contribution in [-0.4, -0.2) is 53.5 Å². The second kappa shape index (κ2) is 10.8. The molecule has 5 rings (SSSR count). The van der Waals surface area contributed by atoms with Crippen molar-refractivity contribution in [3.63, 3.8) is 0 Å². The quantitative estimate of drug-likeness (QED) is 0.332. The van der Waals surface area contributed by atoms with Crippen molar-refractivity contribution >= 4 is 39.8 Å². The molecule has 1 aliphatic heterocycles. The molecule has 1 aromatic heterocycles. The number of hydrogen-bond donors (Lipinski definition) is 2. The summed E-state index contributed by atoms with van der Waals surface area (Å²) < 4.78 is 15.3. The van der Waals surface area contributed by atoms with Crippen LogP contribution in [0.25, 0.3) is 22.0 Å². The number of piperazine rings is 1. The van der Waals surface area contributed by atoms with Gasteiger partial charge in [-0.2, -0.15) is 0 Å². The Kier molecular flexibility index (Phi) is 7.09. The highest BCUT2D eigenvalue weighted by Crippen LogP contribution is 2.33. The van der Waals surface area contributed by atoms with E-state index in [1.807, 2.05) is 30.3 Å². The van der Waals surface area contributed by atoms with Crippen LogP contribution in [0, 0.1) is 5.82 Å². The largest absolute Gasteiger partial charge is 0.369 e. The highest BCUT2D eigenvalue weighted by Gasteiger charge is 2.17. The molecule has 8 heteroatoms. The monoisotopic (exact) mass is 496 g/mol. The molecular formula is C29H29FN6O. The number of halogens is 1. The van der Waals surface area contributed by atoms with Crippen molar-refractivity contribution in [2.45, 2.75) is 6.92 Å². The zero-order valence-corrected chi connectivity index (χ0v) is 20.7. The molecule has 1 fully saturated rings. The molecule has 3 aromatic carbocycles. The number of fused-ring (bicyclic) bond motifs is 1. The molecule has 2 N–H and O–H groups in total. The Morgan fingerprint density at radius 2 is 1.76 bits per heavy atom. The predicted molar refractivity (Wildman–Crippen MR) is 148 cm³/mol. The van der Waals surface area contributed by atoms with Crippen molar-refractivity contribution in [2.24, 2.45) is 0 Å². The van der Waals surface area contributed by atoms with Gasteiger partial charge < -0.3 is 20.4 Å². The molecule has 0 aliphatic carbocycles. The maximum atomic E-state index is 15.3. The third-order valence-corrected chi connectivity index (χ3v) is 6.65. The lowest BCUT2D eigenvalue weighted by atomic mass is 10.0. The third-order valence-electron chi connectivity index (χ3n) is 6.65. The van der Waals surface area contributed by atoms with Crippen LogP contribution in [0.4, 0.5) is 27.4 Å². The van der Waals surface area contributed by atoms with Crippen molar-refractivity contribution in [3.05, 3.63) is 85.3 Å². The third kappa shape index (κ3) is 5.29. The molecule has 188 valence electrons. The lowest BCUT2D eigenvalue weighted by Gasteiger charge is -2.35. The van der Waals surface area contributed by atoms with Gasteiger partial charge in [0.1, 0.15) is 0 Å². The van der Waals surface area contributed by atoms with Gasteiger partial charge in [-0.1, -0.05) is 43.8 Å². The number of carbonyl (C=O) groups excluding carboxylic acids is 1. The Morgan fingerprint density at radius 3 is 2.49 bits per heavy atom. The molecule has 0 radical (unpaired) electrons. The lowest BCUT2D eigenvalue weighted by molar-refractivity contribution is -0.111. The molecule has 4 aromatic rings. The van der Waals surface area contributed by atoms with Gasteiger partial charge in [0.15, 0.2) is 5.82 Å². The van der Waals surface area contributed by atoms with Gasteiger partial charge in [-0.15, -0.1) is 0 Å². The first-order chi connectivity index (χ1) is 18.1. The van der Waals surface area contributed by atoms with E-state index >= 15 is 4.39 Å². The number of para-hydroxylation sites is 1. The van der Waals surface area contributed by atoms with Crippen molar-refractivity contribution in [2.75, 3.05) is 48.3 Å². The number of carbonyl (C=O) groups is 1. The first-order valence-electron chi connectivity index (χ1n) is 12.4. The van der Waals surface area contributed by atoms with Crippen LogP contribution in [0.2, 0.25) is 0 Å². The highest BCUT2D eigenvalue weighted by molar-refractivity contribution is 6.00. The molecule has 1 aliphatic rings. The van der Waals surface area contributed by atoms with Crippen LogP contribution < -0.4 is 15.5 Å². The predicted octanol–water partition coefficient (Wildman–Crippen LogP) is 5.45. The number of hydrogen-bond acceptors (Lipinski definition) is 6. The van der Waals surface area contributed by atoms with E-state index in [1.54, 1.807) is 18.3 Å². The summed E-state index contributed by atoms with van der Waals surface area (Å²) >= 11 is 0. The van der Waals surface area contributed by atoms with Gasteiger partial charge in [0.05, 0.1) is 11.2 Å². The minimum absolute atomic E-state index is 0.0861. The van der Waals surface area contributed by atoms with Crippen LogP contribution in [0.5, 0.6) is 0 Å². The molecule has 7 nitrogen and oxygen atoms in total. The van der Waals surface area contributed by atoms with Gasteiger partial charge in [0.25, 0.3) is 0 Å². The average Bonchev–Trinajstić information content (AvgIpc) is 2.94. The minimum Gasteiger partial charge on any atom is -0.369 e. The second-order valence-electron chi connectivity index (χ2n) is 8.89. The lowest BCUT2D eigenvalue weighted by Crippen LogP contribution is -2.46. The summed E-state index contributed by atoms with van der Waals surface area (Å²) in [5.41, 5.74) is 3.70. The summed E-state index contributed by atoms with van der Waals surface area (Å²) in [6.45, 7) is 10.9. The zero-order valence-electron chi connectivity index (χ0n) is 20.7. The van der Waals surface area contributed by atoms with E-state index in [2.05, 4.69) is 51.1 Å². The molecule has 2 heterocycles. The van der Waals surface area contributed by atoms with E-state index in [0.717, 1.165) is 49.9 Å². The van der Waals surface area contributed by atoms with E-state index in [4.69, 9.17) is 4.98 Å². The summed E-state index contributed by atoms with van der Waals surface area (Å²) in [4.78, 5) is 25.7. The van der Waals surface area contributed by atoms with Gasteiger partial charge in [-0.3, -0.25) is 4.79 Å². The van der Waals surface area contributed by atoms with Gasteiger partial charge in [-0.25, -0.2) is 14.4 Å². The first kappa shape index (κ1) is 24.4. The molecule has 0 saturated carbocycles. The van der Waals surface area contributed by atoms with Crippen LogP contribution in [-0.2, 0) is 4.79 Å². The number of likely N-dealkylation sites (N-methyl/N-ethyl adjacent to an activating group) is 1. The number of benzene rings is 3. The fourth-order valence-corrected chi connectivity index (χ4v) is 4.56. The van der Waals surface area contributed by atoms with Crippen LogP contribution in [0.1, 0.15) is 6.92 Å². The fourth-order valence-electron chi connectivity index (χ4n) is 4.56. The number of nitrogens with one attached hydrogen (secondary N) is 2. The standard InChI is InChI=1S/C29H29FN6O/c1-3-26(37)33-25-10-6-8-23(27(25)30)24-9-5-7-20-19-31-29(34-28(20)24)32-21-11-13-22(14-12-21)36-17-15-35(4-2)16-18-36/h3,5-14,19H,1,4,15-18H2,2H3,(H,33,37)(H,31,32,34). The minimum atomic E-state index is -0.534. The average molecular weight is 497 g/mol. The Hall–Kier alpha value is -4.30. The normalized spacial score (nSPS) is 13.9. The molecule has 0 bridgehead atoms. The number of aromatic nitrogens is 2. The molecule has 0 atom stereocenters. The Balaban J connectivity index is 1.40. The van der Waals surface area contributed by atoms with Gasteiger partial charge in [0, 0.05) is 60.3 Å². The van der Waals surface area contributed by atoms with Gasteiger partial charge >= 0.3 is 0 Å². The molecule has 37 heavy (non-hydrogen) atoms. The molecule has 1 saturated heterocycles. The maximum absolute atomic E-state index is 15.3. The van der Waals surface area contributed by atoms with E-state index in [-0.39, 0.29) is 5.69 Å². The SMILES string of the molecule is C=CC(=O)Nc1cccc(-c2cccc3cnc(Nc4ccc(N5CCN(CC)CC5)cc4)nc23)c1F. The second-order valence-corrected chi connectivity index (χ2v) is 8.89. The van der Waals surface area contributed by atoms with Crippen LogP contribution >= 0.6 is 0 Å². The molecule has 0 unspecified atom stereocenters. The number of nitrogens with zero attached hydrogens (tertiary/aromatic N) is 4. The zero-order chi connectivity index (χ0) is 25.8. The van der Waals surface area contributed by atoms with E-state index in [0.29, 0.717) is 22.6 Å². The highest BCUT2D eigenvalue weighted by atomic mass is 19.1. The van der Waals surface area contributed by atoms with Crippen LogP contribution in [0.3, 0.4) is 0 Å². The number of rotatable bonds is 7. The Bertz CT molecular complexity index is 1430. The fraction of sp³-hybridized carbons (Fsp3) is 0.207. The molecule has 0 spiro atoms. The van der Waals surface area contributed by atoms with E-state index < -0.39 is 11.7 Å². The van der Waals surface area contributed by atoms with Crippen molar-refractivity contribution in [1.29, 1.82) is 0 Å². The van der Waals surface area contributed by atoms with Crippen molar-refractivity contribution < 1.29 is 9.18 Å². The summed E-state index contributed by atoms with van der Waals surface area (Å²) in [6.07, 6.45) is 2.82. The number of amides is 1. The summed E-state index contributed by atoms with van der Waals surface area (Å²) in [6, 6.07) is 18.7. The number of anilines is 4. The van der Waals surface area contributed by atoms with Gasteiger partial charge in [-0.05, 0) is 43.0 Å². The summed E-state index contributed by atoms with van der Waals surface area (Å²) in [7, 11) is 0. The maximum Gasteiger partial charge on any atom is 0.247 e. The first-order valence-corrected chi connectivity index (χ1v) is 12.4. The summed E-state index contributed by atoms with van der Waals surface area (Å²) in [5.74, 6) is -0.591. The van der Waals surface area contributed by atoms with Crippen molar-refractivity contribution in [3.8, 4) is 11.1 Å². The summed E-state index contributed by atoms with van der Waals surface area (Å²) in [5, 5.41) is 6.56. The van der Waals surface area contributed by atoms with Crippen molar-refractivity contribution in [1.82, 2.24) is 14.9 Å². The Morgan fingerprint density at radius 1 is 1.03 bits per heavy atom. The Labute approximate surface area is 215 Å².